The first kappa shape index (κ1) is 10.6. The number of aromatic nitrogens is 1. The van der Waals surface area contributed by atoms with Crippen LogP contribution in [0.25, 0.3) is 0 Å². The summed E-state index contributed by atoms with van der Waals surface area (Å²) in [7, 11) is 0. The van der Waals surface area contributed by atoms with Gasteiger partial charge in [-0.15, -0.1) is 11.3 Å². The van der Waals surface area contributed by atoms with Crippen molar-refractivity contribution < 1.29 is 0 Å². The fourth-order valence-electron chi connectivity index (χ4n) is 2.11. The maximum atomic E-state index is 4.54. The zero-order chi connectivity index (χ0) is 9.97. The number of thiazole rings is 1. The lowest BCUT2D eigenvalue weighted by Gasteiger charge is -2.26. The van der Waals surface area contributed by atoms with Gasteiger partial charge in [0.25, 0.3) is 0 Å². The molecule has 2 rings (SSSR count). The van der Waals surface area contributed by atoms with Gasteiger partial charge in [0.15, 0.2) is 0 Å². The first-order chi connectivity index (χ1) is 6.75. The zero-order valence-corrected chi connectivity index (χ0v) is 10.9. The van der Waals surface area contributed by atoms with E-state index in [9.17, 15) is 0 Å². The highest BCUT2D eigenvalue weighted by Gasteiger charge is 2.23. The fourth-order valence-corrected chi connectivity index (χ4v) is 3.75. The molecular formula is C11H16BrNS. The Morgan fingerprint density at radius 3 is 2.93 bits per heavy atom. The van der Waals surface area contributed by atoms with Gasteiger partial charge in [0.2, 0.25) is 0 Å². The average Bonchev–Trinajstić information content (AvgIpc) is 2.56. The minimum absolute atomic E-state index is 0.723. The molecule has 1 fully saturated rings. The van der Waals surface area contributed by atoms with Crippen LogP contribution in [0, 0.1) is 12.8 Å². The Morgan fingerprint density at radius 1 is 1.50 bits per heavy atom. The third kappa shape index (κ3) is 2.57. The van der Waals surface area contributed by atoms with Gasteiger partial charge in [-0.05, 0) is 25.7 Å². The molecule has 0 spiro atoms. The molecule has 0 amide bonds. The Hall–Kier alpha value is 0.110. The summed E-state index contributed by atoms with van der Waals surface area (Å²) < 4.78 is 0. The van der Waals surface area contributed by atoms with Gasteiger partial charge in [-0.3, -0.25) is 0 Å². The summed E-state index contributed by atoms with van der Waals surface area (Å²) >= 11 is 5.61. The summed E-state index contributed by atoms with van der Waals surface area (Å²) in [6, 6.07) is 0. The van der Waals surface area contributed by atoms with E-state index in [4.69, 9.17) is 0 Å². The van der Waals surface area contributed by atoms with Crippen LogP contribution in [-0.4, -0.2) is 9.81 Å². The highest BCUT2D eigenvalue weighted by Crippen LogP contribution is 2.32. The van der Waals surface area contributed by atoms with Crippen LogP contribution >= 0.6 is 27.3 Å². The molecule has 3 heteroatoms. The van der Waals surface area contributed by atoms with Gasteiger partial charge in [-0.2, -0.15) is 0 Å². The number of nitrogens with zero attached hydrogens (tertiary/aromatic N) is 1. The number of hydrogen-bond donors (Lipinski definition) is 0. The largest absolute Gasteiger partial charge is 0.247 e. The molecule has 1 heterocycles. The second-order valence-electron chi connectivity index (χ2n) is 4.15. The van der Waals surface area contributed by atoms with Crippen molar-refractivity contribution in [2.75, 3.05) is 0 Å². The van der Waals surface area contributed by atoms with Crippen LogP contribution < -0.4 is 0 Å². The van der Waals surface area contributed by atoms with E-state index in [0.29, 0.717) is 0 Å². The van der Waals surface area contributed by atoms with E-state index >= 15 is 0 Å². The second kappa shape index (κ2) is 4.75. The molecule has 1 aromatic heterocycles. The van der Waals surface area contributed by atoms with Crippen LogP contribution in [0.1, 0.15) is 36.4 Å². The summed E-state index contributed by atoms with van der Waals surface area (Å²) in [5.74, 6) is 0.814. The normalized spacial score (nSPS) is 27.9. The predicted molar refractivity (Wildman–Crippen MR) is 65.2 cm³/mol. The lowest BCUT2D eigenvalue weighted by molar-refractivity contribution is 0.373. The Kier molecular flexibility index (Phi) is 3.61. The molecule has 2 atom stereocenters. The molecule has 0 saturated heterocycles. The van der Waals surface area contributed by atoms with E-state index in [1.54, 1.807) is 0 Å². The molecule has 1 aliphatic carbocycles. The molecule has 2 unspecified atom stereocenters. The minimum atomic E-state index is 0.723. The van der Waals surface area contributed by atoms with Crippen LogP contribution in [-0.2, 0) is 6.42 Å². The smallest absolute Gasteiger partial charge is 0.0931 e. The molecule has 1 aliphatic rings. The second-order valence-corrected chi connectivity index (χ2v) is 6.27. The minimum Gasteiger partial charge on any atom is -0.247 e. The quantitative estimate of drug-likeness (QED) is 0.744. The van der Waals surface area contributed by atoms with Crippen LogP contribution in [0.4, 0.5) is 0 Å². The molecule has 0 N–H and O–H groups in total. The van der Waals surface area contributed by atoms with Gasteiger partial charge in [0.05, 0.1) is 5.01 Å². The van der Waals surface area contributed by atoms with E-state index in [-0.39, 0.29) is 0 Å². The fraction of sp³-hybridized carbons (Fsp3) is 0.727. The number of alkyl halides is 1. The molecular weight excluding hydrogens is 258 g/mol. The highest BCUT2D eigenvalue weighted by atomic mass is 79.9. The van der Waals surface area contributed by atoms with E-state index in [0.717, 1.165) is 10.7 Å². The molecule has 14 heavy (non-hydrogen) atoms. The summed E-state index contributed by atoms with van der Waals surface area (Å²) in [5, 5.41) is 3.47. The van der Waals surface area contributed by atoms with E-state index in [2.05, 4.69) is 33.2 Å². The predicted octanol–water partition coefficient (Wildman–Crippen LogP) is 3.95. The van der Waals surface area contributed by atoms with Gasteiger partial charge in [0, 0.05) is 22.3 Å². The molecule has 0 aliphatic heterocycles. The van der Waals surface area contributed by atoms with Crippen molar-refractivity contribution in [3.63, 3.8) is 0 Å². The van der Waals surface area contributed by atoms with Gasteiger partial charge in [0.1, 0.15) is 0 Å². The third-order valence-electron chi connectivity index (χ3n) is 2.92. The number of hydrogen-bond acceptors (Lipinski definition) is 2. The lowest BCUT2D eigenvalue weighted by Crippen LogP contribution is -2.21. The van der Waals surface area contributed by atoms with Crippen LogP contribution in [0.2, 0.25) is 0 Å². The number of aryl methyl sites for hydroxylation is 1. The first-order valence-corrected chi connectivity index (χ1v) is 7.10. The Labute approximate surface area is 98.1 Å². The van der Waals surface area contributed by atoms with Gasteiger partial charge >= 0.3 is 0 Å². The van der Waals surface area contributed by atoms with Crippen LogP contribution in [0.15, 0.2) is 5.38 Å². The summed E-state index contributed by atoms with van der Waals surface area (Å²) in [4.78, 5) is 5.26. The molecule has 1 nitrogen and oxygen atoms in total. The Morgan fingerprint density at radius 2 is 2.29 bits per heavy atom. The average molecular weight is 274 g/mol. The van der Waals surface area contributed by atoms with Crippen molar-refractivity contribution in [2.24, 2.45) is 5.92 Å². The highest BCUT2D eigenvalue weighted by molar-refractivity contribution is 9.09. The molecule has 1 saturated carbocycles. The van der Waals surface area contributed by atoms with Crippen molar-refractivity contribution in [3.05, 3.63) is 16.1 Å². The molecule has 0 bridgehead atoms. The molecule has 0 radical (unpaired) electrons. The summed E-state index contributed by atoms with van der Waals surface area (Å²) in [6.45, 7) is 2.08. The molecule has 0 aromatic carbocycles. The first-order valence-electron chi connectivity index (χ1n) is 5.31. The van der Waals surface area contributed by atoms with Crippen molar-refractivity contribution >= 4 is 27.3 Å². The van der Waals surface area contributed by atoms with E-state index < -0.39 is 0 Å². The lowest BCUT2D eigenvalue weighted by atomic mass is 9.87. The zero-order valence-electron chi connectivity index (χ0n) is 8.50. The maximum Gasteiger partial charge on any atom is 0.0931 e. The monoisotopic (exact) mass is 273 g/mol. The SMILES string of the molecule is Cc1csc(CC2CCCCC2Br)n1. The molecule has 78 valence electrons. The summed E-state index contributed by atoms with van der Waals surface area (Å²) in [6.07, 6.45) is 6.68. The maximum absolute atomic E-state index is 4.54. The number of rotatable bonds is 2. The van der Waals surface area contributed by atoms with Crippen LogP contribution in [0.3, 0.4) is 0 Å². The van der Waals surface area contributed by atoms with Gasteiger partial charge in [-0.1, -0.05) is 28.8 Å². The Bertz CT molecular complexity index is 297. The van der Waals surface area contributed by atoms with E-state index in [1.165, 1.54) is 42.8 Å². The Balaban J connectivity index is 1.95. The standard InChI is InChI=1S/C11H16BrNS/c1-8-7-14-11(13-8)6-9-4-2-3-5-10(9)12/h7,9-10H,2-6H2,1H3. The topological polar surface area (TPSA) is 12.9 Å². The van der Waals surface area contributed by atoms with Gasteiger partial charge < -0.3 is 0 Å². The van der Waals surface area contributed by atoms with Crippen molar-refractivity contribution in [1.29, 1.82) is 0 Å². The molecule has 1 aromatic rings. The van der Waals surface area contributed by atoms with Gasteiger partial charge in [-0.25, -0.2) is 4.98 Å². The number of halogens is 1. The van der Waals surface area contributed by atoms with Crippen molar-refractivity contribution in [2.45, 2.75) is 43.9 Å². The summed E-state index contributed by atoms with van der Waals surface area (Å²) in [5.41, 5.74) is 1.17. The van der Waals surface area contributed by atoms with Crippen LogP contribution in [0.5, 0.6) is 0 Å². The van der Waals surface area contributed by atoms with Crippen molar-refractivity contribution in [3.8, 4) is 0 Å². The third-order valence-corrected chi connectivity index (χ3v) is 5.11. The van der Waals surface area contributed by atoms with E-state index in [1.807, 2.05) is 11.3 Å². The van der Waals surface area contributed by atoms with Crippen molar-refractivity contribution in [1.82, 2.24) is 4.98 Å².